The van der Waals surface area contributed by atoms with Gasteiger partial charge in [0.1, 0.15) is 5.82 Å². The number of hydrogen-bond donors (Lipinski definition) is 0. The van der Waals surface area contributed by atoms with Crippen LogP contribution in [0.2, 0.25) is 0 Å². The molecule has 1 atom stereocenters. The second-order valence-corrected chi connectivity index (χ2v) is 8.05. The predicted molar refractivity (Wildman–Crippen MR) is 111 cm³/mol. The van der Waals surface area contributed by atoms with Gasteiger partial charge in [-0.2, -0.15) is 0 Å². The number of thioether (sulfide) groups is 1. The maximum absolute atomic E-state index is 4.68. The molecular formula is C21H23N5S. The molecule has 0 aliphatic carbocycles. The summed E-state index contributed by atoms with van der Waals surface area (Å²) in [5.41, 5.74) is 3.22. The van der Waals surface area contributed by atoms with Crippen molar-refractivity contribution in [2.45, 2.75) is 44.1 Å². The van der Waals surface area contributed by atoms with E-state index in [-0.39, 0.29) is 0 Å². The molecule has 2 aromatic carbocycles. The minimum atomic E-state index is 0.486. The van der Waals surface area contributed by atoms with Gasteiger partial charge in [-0.25, -0.2) is 4.98 Å². The Morgan fingerprint density at radius 2 is 1.74 bits per heavy atom. The van der Waals surface area contributed by atoms with E-state index in [1.54, 1.807) is 11.8 Å². The summed E-state index contributed by atoms with van der Waals surface area (Å²) in [6.45, 7) is 7.10. The molecule has 0 saturated heterocycles. The molecule has 6 heteroatoms. The van der Waals surface area contributed by atoms with Crippen LogP contribution in [0.15, 0.2) is 59.8 Å². The van der Waals surface area contributed by atoms with Crippen LogP contribution in [0.5, 0.6) is 0 Å². The lowest BCUT2D eigenvalue weighted by Gasteiger charge is -2.13. The zero-order valence-electron chi connectivity index (χ0n) is 15.8. The van der Waals surface area contributed by atoms with Crippen LogP contribution in [0.25, 0.3) is 16.7 Å². The van der Waals surface area contributed by atoms with Crippen molar-refractivity contribution < 1.29 is 0 Å². The van der Waals surface area contributed by atoms with Gasteiger partial charge >= 0.3 is 0 Å². The summed E-state index contributed by atoms with van der Waals surface area (Å²) in [5, 5.41) is 10.5. The largest absolute Gasteiger partial charge is 0.320 e. The third-order valence-corrected chi connectivity index (χ3v) is 5.95. The van der Waals surface area contributed by atoms with Crippen molar-refractivity contribution in [3.8, 4) is 5.69 Å². The number of fused-ring (bicyclic) bond motifs is 1. The molecule has 0 fully saturated rings. The Bertz CT molecular complexity index is 1050. The molecular weight excluding hydrogens is 354 g/mol. The molecule has 4 rings (SSSR count). The Balaban J connectivity index is 1.79. The summed E-state index contributed by atoms with van der Waals surface area (Å²) in [4.78, 5) is 4.68. The average molecular weight is 378 g/mol. The molecule has 5 nitrogen and oxygen atoms in total. The second kappa shape index (κ2) is 7.56. The number of benzene rings is 2. The summed E-state index contributed by atoms with van der Waals surface area (Å²) in [7, 11) is 0. The van der Waals surface area contributed by atoms with Crippen molar-refractivity contribution in [1.29, 1.82) is 0 Å². The monoisotopic (exact) mass is 377 g/mol. The quantitative estimate of drug-likeness (QED) is 0.450. The van der Waals surface area contributed by atoms with E-state index >= 15 is 0 Å². The minimum Gasteiger partial charge on any atom is -0.320 e. The number of para-hydroxylation sites is 3. The van der Waals surface area contributed by atoms with Crippen LogP contribution >= 0.6 is 11.8 Å². The Morgan fingerprint density at radius 1 is 1.00 bits per heavy atom. The van der Waals surface area contributed by atoms with Crippen LogP contribution in [0.3, 0.4) is 0 Å². The van der Waals surface area contributed by atoms with E-state index in [0.29, 0.717) is 11.8 Å². The van der Waals surface area contributed by atoms with Gasteiger partial charge in [-0.05, 0) is 37.6 Å². The van der Waals surface area contributed by atoms with E-state index in [0.717, 1.165) is 39.9 Å². The molecule has 27 heavy (non-hydrogen) atoms. The van der Waals surface area contributed by atoms with Crippen LogP contribution in [-0.4, -0.2) is 29.6 Å². The predicted octanol–water partition coefficient (Wildman–Crippen LogP) is 4.86. The maximum Gasteiger partial charge on any atom is 0.196 e. The molecule has 0 spiro atoms. The van der Waals surface area contributed by atoms with Gasteiger partial charge in [0.05, 0.1) is 17.6 Å². The Hall–Kier alpha value is -2.60. The topological polar surface area (TPSA) is 48.5 Å². The van der Waals surface area contributed by atoms with Crippen molar-refractivity contribution in [3.05, 3.63) is 66.2 Å². The molecule has 138 valence electrons. The lowest BCUT2D eigenvalue weighted by atomic mass is 10.3. The van der Waals surface area contributed by atoms with E-state index in [4.69, 9.17) is 0 Å². The summed E-state index contributed by atoms with van der Waals surface area (Å²) in [6, 6.07) is 18.6. The fourth-order valence-electron chi connectivity index (χ4n) is 3.12. The molecule has 1 unspecified atom stereocenters. The molecule has 2 heterocycles. The molecule has 0 aliphatic rings. The highest BCUT2D eigenvalue weighted by atomic mass is 32.2. The molecule has 2 aromatic heterocycles. The number of imidazole rings is 1. The third kappa shape index (κ3) is 3.49. The standard InChI is InChI=1S/C21H23N5S/c1-4-15(2)27-21-24-23-20(26(21)17-10-6-5-7-11-17)14-25-16(3)22-18-12-8-9-13-19(18)25/h5-13,15H,4,14H2,1-3H3. The zero-order chi connectivity index (χ0) is 18.8. The Kier molecular flexibility index (Phi) is 4.99. The molecule has 0 bridgehead atoms. The van der Waals surface area contributed by atoms with Crippen LogP contribution in [0, 0.1) is 6.92 Å². The summed E-state index contributed by atoms with van der Waals surface area (Å²) in [5.74, 6) is 1.90. The zero-order valence-corrected chi connectivity index (χ0v) is 16.6. The van der Waals surface area contributed by atoms with E-state index in [1.807, 2.05) is 31.2 Å². The van der Waals surface area contributed by atoms with Gasteiger partial charge in [-0.15, -0.1) is 10.2 Å². The number of hydrogen-bond acceptors (Lipinski definition) is 4. The smallest absolute Gasteiger partial charge is 0.196 e. The number of nitrogens with zero attached hydrogens (tertiary/aromatic N) is 5. The number of rotatable bonds is 6. The normalized spacial score (nSPS) is 12.6. The molecule has 0 aliphatic heterocycles. The Morgan fingerprint density at radius 3 is 2.52 bits per heavy atom. The highest BCUT2D eigenvalue weighted by Gasteiger charge is 2.18. The first-order valence-electron chi connectivity index (χ1n) is 9.25. The molecule has 0 saturated carbocycles. The SMILES string of the molecule is CCC(C)Sc1nnc(Cn2c(C)nc3ccccc32)n1-c1ccccc1. The van der Waals surface area contributed by atoms with Gasteiger partial charge in [0.2, 0.25) is 0 Å². The van der Waals surface area contributed by atoms with Crippen molar-refractivity contribution >= 4 is 22.8 Å². The van der Waals surface area contributed by atoms with Gasteiger partial charge in [-0.3, -0.25) is 4.57 Å². The van der Waals surface area contributed by atoms with Gasteiger partial charge < -0.3 is 4.57 Å². The van der Waals surface area contributed by atoms with Crippen molar-refractivity contribution in [1.82, 2.24) is 24.3 Å². The van der Waals surface area contributed by atoms with Crippen molar-refractivity contribution in [2.24, 2.45) is 0 Å². The Labute approximate surface area is 163 Å². The summed E-state index contributed by atoms with van der Waals surface area (Å²) >= 11 is 1.77. The summed E-state index contributed by atoms with van der Waals surface area (Å²) < 4.78 is 4.38. The van der Waals surface area contributed by atoms with Crippen LogP contribution in [0.4, 0.5) is 0 Å². The van der Waals surface area contributed by atoms with E-state index < -0.39 is 0 Å². The molecule has 4 aromatic rings. The van der Waals surface area contributed by atoms with Gasteiger partial charge in [0.25, 0.3) is 0 Å². The van der Waals surface area contributed by atoms with Gasteiger partial charge in [-0.1, -0.05) is 55.9 Å². The fourth-order valence-corrected chi connectivity index (χ4v) is 4.05. The number of aryl methyl sites for hydroxylation is 1. The molecule has 0 N–H and O–H groups in total. The van der Waals surface area contributed by atoms with Crippen molar-refractivity contribution in [3.63, 3.8) is 0 Å². The van der Waals surface area contributed by atoms with E-state index in [1.165, 1.54) is 0 Å². The van der Waals surface area contributed by atoms with Gasteiger partial charge in [0.15, 0.2) is 11.0 Å². The molecule has 0 radical (unpaired) electrons. The van der Waals surface area contributed by atoms with Crippen LogP contribution < -0.4 is 0 Å². The minimum absolute atomic E-state index is 0.486. The maximum atomic E-state index is 4.68. The third-order valence-electron chi connectivity index (χ3n) is 4.74. The first-order valence-corrected chi connectivity index (χ1v) is 10.1. The lowest BCUT2D eigenvalue weighted by molar-refractivity contribution is 0.710. The summed E-state index contributed by atoms with van der Waals surface area (Å²) in [6.07, 6.45) is 1.09. The van der Waals surface area contributed by atoms with Crippen LogP contribution in [-0.2, 0) is 6.54 Å². The number of aromatic nitrogens is 5. The van der Waals surface area contributed by atoms with E-state index in [2.05, 4.69) is 68.5 Å². The fraction of sp³-hybridized carbons (Fsp3) is 0.286. The highest BCUT2D eigenvalue weighted by Crippen LogP contribution is 2.28. The van der Waals surface area contributed by atoms with Gasteiger partial charge in [0, 0.05) is 10.9 Å². The van der Waals surface area contributed by atoms with Crippen LogP contribution in [0.1, 0.15) is 31.9 Å². The second-order valence-electron chi connectivity index (χ2n) is 6.64. The first-order chi connectivity index (χ1) is 13.2. The van der Waals surface area contributed by atoms with E-state index in [9.17, 15) is 0 Å². The van der Waals surface area contributed by atoms with Crippen molar-refractivity contribution in [2.75, 3.05) is 0 Å². The average Bonchev–Trinajstić information content (AvgIpc) is 3.23. The highest BCUT2D eigenvalue weighted by molar-refractivity contribution is 7.99. The molecule has 0 amide bonds. The first kappa shape index (κ1) is 17.8. The lowest BCUT2D eigenvalue weighted by Crippen LogP contribution is -2.10.